The largest absolute Gasteiger partial charge is 0.395 e. The molecule has 0 fully saturated rings. The Labute approximate surface area is 99.1 Å². The molecular weight excluding hydrogens is 214 g/mol. The summed E-state index contributed by atoms with van der Waals surface area (Å²) in [4.78, 5) is 14.9. The summed E-state index contributed by atoms with van der Waals surface area (Å²) in [6, 6.07) is 7.07. The van der Waals surface area contributed by atoms with Crippen molar-refractivity contribution < 1.29 is 5.11 Å². The van der Waals surface area contributed by atoms with Crippen molar-refractivity contribution in [3.63, 3.8) is 0 Å². The maximum atomic E-state index is 11.8. The molecule has 2 rings (SSSR count). The molecule has 0 saturated heterocycles. The third-order valence-electron chi connectivity index (χ3n) is 2.43. The summed E-state index contributed by atoms with van der Waals surface area (Å²) in [5, 5.41) is 9.28. The van der Waals surface area contributed by atoms with Gasteiger partial charge in [-0.2, -0.15) is 0 Å². The van der Waals surface area contributed by atoms with Crippen LogP contribution in [0.3, 0.4) is 0 Å². The van der Waals surface area contributed by atoms with Crippen LogP contribution in [0.1, 0.15) is 17.7 Å². The summed E-state index contributed by atoms with van der Waals surface area (Å²) >= 11 is 0. The Morgan fingerprint density at radius 2 is 2.18 bits per heavy atom. The molecule has 17 heavy (non-hydrogen) atoms. The summed E-state index contributed by atoms with van der Waals surface area (Å²) in [6.07, 6.45) is 0.447. The highest BCUT2D eigenvalue weighted by Gasteiger charge is 2.00. The number of aliphatic hydroxyl groups is 1. The minimum atomic E-state index is 0.00191. The molecule has 3 heteroatoms. The van der Waals surface area contributed by atoms with E-state index < -0.39 is 0 Å². The van der Waals surface area contributed by atoms with Gasteiger partial charge in [0.15, 0.2) is 5.43 Å². The first-order valence-electron chi connectivity index (χ1n) is 5.44. The fraction of sp³-hybridized carbons (Fsp3) is 0.214. The van der Waals surface area contributed by atoms with Gasteiger partial charge in [-0.1, -0.05) is 11.8 Å². The van der Waals surface area contributed by atoms with Crippen LogP contribution in [0.4, 0.5) is 0 Å². The van der Waals surface area contributed by atoms with Gasteiger partial charge in [-0.15, -0.1) is 0 Å². The zero-order chi connectivity index (χ0) is 12.3. The van der Waals surface area contributed by atoms with Crippen LogP contribution in [0.2, 0.25) is 0 Å². The lowest BCUT2D eigenvalue weighted by molar-refractivity contribution is 0.305. The van der Waals surface area contributed by atoms with Crippen molar-refractivity contribution in [2.45, 2.75) is 13.3 Å². The molecule has 0 atom stereocenters. The topological polar surface area (TPSA) is 53.1 Å². The molecule has 0 spiro atoms. The Kier molecular flexibility index (Phi) is 3.27. The van der Waals surface area contributed by atoms with Crippen LogP contribution in [0.25, 0.3) is 10.9 Å². The summed E-state index contributed by atoms with van der Waals surface area (Å²) in [6.45, 7) is 1.91. The number of hydrogen-bond acceptors (Lipinski definition) is 2. The van der Waals surface area contributed by atoms with Crippen molar-refractivity contribution in [2.24, 2.45) is 0 Å². The average molecular weight is 227 g/mol. The zero-order valence-electron chi connectivity index (χ0n) is 9.58. The number of H-pyrrole nitrogens is 1. The molecule has 0 amide bonds. The number of nitrogens with one attached hydrogen (secondary N) is 1. The van der Waals surface area contributed by atoms with E-state index in [0.29, 0.717) is 11.8 Å². The van der Waals surface area contributed by atoms with Crippen molar-refractivity contribution in [1.29, 1.82) is 0 Å². The van der Waals surface area contributed by atoms with E-state index in [4.69, 9.17) is 5.11 Å². The molecule has 0 unspecified atom stereocenters. The molecular formula is C14H13NO2. The van der Waals surface area contributed by atoms with Crippen molar-refractivity contribution in [3.05, 3.63) is 45.7 Å². The van der Waals surface area contributed by atoms with Gasteiger partial charge in [0.05, 0.1) is 6.61 Å². The van der Waals surface area contributed by atoms with Gasteiger partial charge < -0.3 is 10.1 Å². The second-order valence-corrected chi connectivity index (χ2v) is 3.85. The fourth-order valence-corrected chi connectivity index (χ4v) is 1.68. The number of hydrogen-bond donors (Lipinski definition) is 2. The number of aromatic nitrogens is 1. The van der Waals surface area contributed by atoms with E-state index in [0.717, 1.165) is 16.8 Å². The summed E-state index contributed by atoms with van der Waals surface area (Å²) in [5.41, 5.74) is 2.46. The second kappa shape index (κ2) is 4.86. The van der Waals surface area contributed by atoms with Crippen molar-refractivity contribution >= 4 is 10.9 Å². The van der Waals surface area contributed by atoms with Crippen LogP contribution in [-0.4, -0.2) is 16.7 Å². The minimum Gasteiger partial charge on any atom is -0.395 e. The second-order valence-electron chi connectivity index (χ2n) is 3.85. The summed E-state index contributed by atoms with van der Waals surface area (Å²) in [7, 11) is 0. The van der Waals surface area contributed by atoms with Crippen LogP contribution in [0.5, 0.6) is 0 Å². The van der Waals surface area contributed by atoms with Gasteiger partial charge >= 0.3 is 0 Å². The Morgan fingerprint density at radius 1 is 1.35 bits per heavy atom. The first-order valence-corrected chi connectivity index (χ1v) is 5.44. The molecule has 3 nitrogen and oxygen atoms in total. The third-order valence-corrected chi connectivity index (χ3v) is 2.43. The van der Waals surface area contributed by atoms with Gasteiger partial charge in [0.25, 0.3) is 0 Å². The first kappa shape index (κ1) is 11.4. The highest BCUT2D eigenvalue weighted by molar-refractivity contribution is 5.80. The molecule has 86 valence electrons. The van der Waals surface area contributed by atoms with Gasteiger partial charge in [0.1, 0.15) is 0 Å². The third kappa shape index (κ3) is 2.55. The molecule has 0 aliphatic heterocycles. The minimum absolute atomic E-state index is 0.00191. The maximum Gasteiger partial charge on any atom is 0.189 e. The lowest BCUT2D eigenvalue weighted by Gasteiger charge is -2.00. The lowest BCUT2D eigenvalue weighted by atomic mass is 10.1. The van der Waals surface area contributed by atoms with Gasteiger partial charge in [0.2, 0.25) is 0 Å². The summed E-state index contributed by atoms with van der Waals surface area (Å²) in [5.74, 6) is 5.75. The van der Waals surface area contributed by atoms with Gasteiger partial charge in [-0.3, -0.25) is 4.79 Å². The van der Waals surface area contributed by atoms with E-state index >= 15 is 0 Å². The maximum absolute atomic E-state index is 11.8. The van der Waals surface area contributed by atoms with Gasteiger partial charge in [0, 0.05) is 34.6 Å². The first-order chi connectivity index (χ1) is 8.20. The Morgan fingerprint density at radius 3 is 2.94 bits per heavy atom. The number of benzene rings is 1. The van der Waals surface area contributed by atoms with Gasteiger partial charge in [-0.25, -0.2) is 0 Å². The van der Waals surface area contributed by atoms with Gasteiger partial charge in [-0.05, 0) is 25.1 Å². The number of aryl methyl sites for hydroxylation is 1. The predicted octanol–water partition coefficient (Wildman–Crippen LogP) is 1.57. The fourth-order valence-electron chi connectivity index (χ4n) is 1.68. The number of pyridine rings is 1. The normalized spacial score (nSPS) is 10.0. The van der Waals surface area contributed by atoms with E-state index in [1.807, 2.05) is 19.1 Å². The highest BCUT2D eigenvalue weighted by Crippen LogP contribution is 2.10. The summed E-state index contributed by atoms with van der Waals surface area (Å²) < 4.78 is 0. The number of fused-ring (bicyclic) bond motifs is 1. The quantitative estimate of drug-likeness (QED) is 0.726. The monoisotopic (exact) mass is 227 g/mol. The molecule has 2 N–H and O–H groups in total. The molecule has 0 aliphatic rings. The molecule has 0 bridgehead atoms. The SMILES string of the molecule is Cc1cc(=O)c2cc(C#CCCO)ccc2[nH]1. The van der Waals surface area contributed by atoms with E-state index in [1.165, 1.54) is 0 Å². The number of rotatable bonds is 1. The Bertz CT molecular complexity index is 659. The molecule has 2 aromatic rings. The standard InChI is InChI=1S/C14H13NO2/c1-10-8-14(17)12-9-11(4-2-3-7-16)5-6-13(12)15-10/h5-6,8-9,16H,3,7H2,1H3,(H,15,17). The zero-order valence-corrected chi connectivity index (χ0v) is 9.58. The molecule has 0 aliphatic carbocycles. The molecule has 1 heterocycles. The van der Waals surface area contributed by atoms with Crippen LogP contribution < -0.4 is 5.43 Å². The molecule has 1 aromatic carbocycles. The highest BCUT2D eigenvalue weighted by atomic mass is 16.2. The Balaban J connectivity index is 2.52. The molecule has 0 saturated carbocycles. The lowest BCUT2D eigenvalue weighted by Crippen LogP contribution is -2.02. The smallest absolute Gasteiger partial charge is 0.189 e. The van der Waals surface area contributed by atoms with E-state index in [9.17, 15) is 4.79 Å². The van der Waals surface area contributed by atoms with Crippen molar-refractivity contribution in [3.8, 4) is 11.8 Å². The average Bonchev–Trinajstić information content (AvgIpc) is 2.30. The number of aromatic amines is 1. The Hall–Kier alpha value is -2.05. The van der Waals surface area contributed by atoms with Crippen molar-refractivity contribution in [1.82, 2.24) is 4.98 Å². The van der Waals surface area contributed by atoms with Crippen molar-refractivity contribution in [2.75, 3.05) is 6.61 Å². The van der Waals surface area contributed by atoms with E-state index in [-0.39, 0.29) is 12.0 Å². The van der Waals surface area contributed by atoms with E-state index in [1.54, 1.807) is 12.1 Å². The predicted molar refractivity (Wildman–Crippen MR) is 67.9 cm³/mol. The van der Waals surface area contributed by atoms with Crippen LogP contribution in [0, 0.1) is 18.8 Å². The van der Waals surface area contributed by atoms with E-state index in [2.05, 4.69) is 16.8 Å². The van der Waals surface area contributed by atoms with Crippen LogP contribution in [-0.2, 0) is 0 Å². The van der Waals surface area contributed by atoms with Crippen LogP contribution >= 0.6 is 0 Å². The number of aliphatic hydroxyl groups excluding tert-OH is 1. The molecule has 1 aromatic heterocycles. The van der Waals surface area contributed by atoms with Crippen LogP contribution in [0.15, 0.2) is 29.1 Å². The molecule has 0 radical (unpaired) electrons.